The quantitative estimate of drug-likeness (QED) is 0.662. The van der Waals surface area contributed by atoms with Crippen LogP contribution in [0, 0.1) is 5.41 Å². The lowest BCUT2D eigenvalue weighted by molar-refractivity contribution is -0.148. The highest BCUT2D eigenvalue weighted by Crippen LogP contribution is 2.50. The third-order valence-corrected chi connectivity index (χ3v) is 5.50. The summed E-state index contributed by atoms with van der Waals surface area (Å²) in [5, 5.41) is 0. The fourth-order valence-electron chi connectivity index (χ4n) is 3.64. The largest absolute Gasteiger partial charge is 0.493 e. The Labute approximate surface area is 168 Å². The van der Waals surface area contributed by atoms with Gasteiger partial charge < -0.3 is 23.7 Å². The number of fused-ring (bicyclic) bond motifs is 1. The Balaban J connectivity index is 1.79. The minimum Gasteiger partial charge on any atom is -0.493 e. The molecule has 7 nitrogen and oxygen atoms in total. The van der Waals surface area contributed by atoms with Crippen LogP contribution in [0.25, 0.3) is 11.1 Å². The maximum Gasteiger partial charge on any atom is 0.338 e. The zero-order valence-corrected chi connectivity index (χ0v) is 16.6. The van der Waals surface area contributed by atoms with E-state index in [1.807, 2.05) is 12.1 Å². The molecule has 0 aromatic heterocycles. The summed E-state index contributed by atoms with van der Waals surface area (Å²) in [4.78, 5) is 24.1. The van der Waals surface area contributed by atoms with Gasteiger partial charge in [-0.05, 0) is 36.6 Å². The molecule has 0 atom stereocenters. The Morgan fingerprint density at radius 3 is 2.41 bits per heavy atom. The summed E-state index contributed by atoms with van der Waals surface area (Å²) in [6.07, 6.45) is 1.43. The lowest BCUT2D eigenvalue weighted by Gasteiger charge is -2.21. The van der Waals surface area contributed by atoms with Gasteiger partial charge in [-0.25, -0.2) is 4.79 Å². The zero-order chi connectivity index (χ0) is 20.6. The van der Waals surface area contributed by atoms with E-state index < -0.39 is 5.41 Å². The summed E-state index contributed by atoms with van der Waals surface area (Å²) < 4.78 is 27.3. The second-order valence-corrected chi connectivity index (χ2v) is 7.15. The van der Waals surface area contributed by atoms with E-state index in [0.717, 1.165) is 16.7 Å². The van der Waals surface area contributed by atoms with Crippen LogP contribution in [0.3, 0.4) is 0 Å². The van der Waals surface area contributed by atoms with Gasteiger partial charge in [-0.1, -0.05) is 12.1 Å². The van der Waals surface area contributed by atoms with Gasteiger partial charge in [0.05, 0.1) is 26.9 Å². The summed E-state index contributed by atoms with van der Waals surface area (Å²) >= 11 is 0. The average molecular weight is 398 g/mol. The van der Waals surface area contributed by atoms with Crippen LogP contribution in [0.2, 0.25) is 0 Å². The first-order chi connectivity index (χ1) is 14.0. The standard InChI is InChI=1S/C22H22O7/c1-25-17-8-7-14(13-5-4-6-15-16(13)11-28-20(15)23)18(19(17)26-2)29-12-22(9-10-22)21(24)27-3/h4-8H,9-12H2,1-3H3. The fourth-order valence-corrected chi connectivity index (χ4v) is 3.64. The van der Waals surface area contributed by atoms with E-state index in [2.05, 4.69) is 0 Å². The third-order valence-electron chi connectivity index (χ3n) is 5.50. The summed E-state index contributed by atoms with van der Waals surface area (Å²) in [5.74, 6) is 0.769. The molecule has 0 N–H and O–H groups in total. The van der Waals surface area contributed by atoms with Crippen molar-refractivity contribution in [1.29, 1.82) is 0 Å². The predicted molar refractivity (Wildman–Crippen MR) is 103 cm³/mol. The average Bonchev–Trinajstić information content (AvgIpc) is 3.46. The number of ether oxygens (including phenoxy) is 5. The molecule has 0 amide bonds. The van der Waals surface area contributed by atoms with Crippen LogP contribution in [-0.2, 0) is 20.9 Å². The van der Waals surface area contributed by atoms with Gasteiger partial charge in [0.25, 0.3) is 0 Å². The van der Waals surface area contributed by atoms with Crippen LogP contribution in [-0.4, -0.2) is 39.9 Å². The predicted octanol–water partition coefficient (Wildman–Crippen LogP) is 3.37. The van der Waals surface area contributed by atoms with E-state index in [9.17, 15) is 9.59 Å². The SMILES string of the molecule is COC(=O)C1(COc2c(-c3cccc4c3COC4=O)ccc(OC)c2OC)CC1. The monoisotopic (exact) mass is 398 g/mol. The Morgan fingerprint density at radius 2 is 1.76 bits per heavy atom. The Morgan fingerprint density at radius 1 is 1.00 bits per heavy atom. The molecule has 1 aliphatic heterocycles. The van der Waals surface area contributed by atoms with E-state index in [1.165, 1.54) is 14.2 Å². The first-order valence-electron chi connectivity index (χ1n) is 9.30. The van der Waals surface area contributed by atoms with Gasteiger partial charge in [0.15, 0.2) is 11.5 Å². The molecule has 0 spiro atoms. The second kappa shape index (κ2) is 7.31. The van der Waals surface area contributed by atoms with Crippen molar-refractivity contribution < 1.29 is 33.3 Å². The first kappa shape index (κ1) is 19.1. The molecule has 152 valence electrons. The normalized spacial score (nSPS) is 15.9. The number of hydrogen-bond donors (Lipinski definition) is 0. The minimum absolute atomic E-state index is 0.167. The van der Waals surface area contributed by atoms with Crippen molar-refractivity contribution in [2.24, 2.45) is 5.41 Å². The van der Waals surface area contributed by atoms with Crippen LogP contribution < -0.4 is 14.2 Å². The van der Waals surface area contributed by atoms with Crippen LogP contribution in [0.5, 0.6) is 17.2 Å². The van der Waals surface area contributed by atoms with Crippen molar-refractivity contribution in [2.75, 3.05) is 27.9 Å². The highest BCUT2D eigenvalue weighted by molar-refractivity contribution is 5.96. The molecule has 2 aliphatic rings. The van der Waals surface area contributed by atoms with Crippen molar-refractivity contribution in [2.45, 2.75) is 19.4 Å². The van der Waals surface area contributed by atoms with Gasteiger partial charge in [-0.2, -0.15) is 0 Å². The molecule has 1 fully saturated rings. The highest BCUT2D eigenvalue weighted by atomic mass is 16.5. The van der Waals surface area contributed by atoms with Crippen molar-refractivity contribution in [3.8, 4) is 28.4 Å². The van der Waals surface area contributed by atoms with Crippen LogP contribution in [0.4, 0.5) is 0 Å². The van der Waals surface area contributed by atoms with Crippen molar-refractivity contribution in [3.63, 3.8) is 0 Å². The van der Waals surface area contributed by atoms with Gasteiger partial charge in [-0.15, -0.1) is 0 Å². The molecular weight excluding hydrogens is 376 g/mol. The van der Waals surface area contributed by atoms with Gasteiger partial charge in [0.2, 0.25) is 5.75 Å². The Kier molecular flexibility index (Phi) is 4.82. The molecule has 4 rings (SSSR count). The highest BCUT2D eigenvalue weighted by Gasteiger charge is 2.52. The lowest BCUT2D eigenvalue weighted by atomic mass is 9.95. The third kappa shape index (κ3) is 3.16. The number of benzene rings is 2. The van der Waals surface area contributed by atoms with E-state index in [4.69, 9.17) is 23.7 Å². The molecule has 7 heteroatoms. The molecule has 29 heavy (non-hydrogen) atoms. The maximum atomic E-state index is 12.1. The molecule has 1 heterocycles. The smallest absolute Gasteiger partial charge is 0.338 e. The first-order valence-corrected chi connectivity index (χ1v) is 9.30. The number of esters is 2. The summed E-state index contributed by atoms with van der Waals surface area (Å²) in [6.45, 7) is 0.366. The van der Waals surface area contributed by atoms with Gasteiger partial charge in [0, 0.05) is 11.1 Å². The Bertz CT molecular complexity index is 975. The summed E-state index contributed by atoms with van der Waals surface area (Å²) in [5.41, 5.74) is 2.25. The number of carbonyl (C=O) groups excluding carboxylic acids is 2. The van der Waals surface area contributed by atoms with Crippen molar-refractivity contribution in [3.05, 3.63) is 41.5 Å². The van der Waals surface area contributed by atoms with E-state index in [1.54, 1.807) is 25.3 Å². The topological polar surface area (TPSA) is 80.3 Å². The van der Waals surface area contributed by atoms with Crippen LogP contribution in [0.1, 0.15) is 28.8 Å². The molecule has 0 unspecified atom stereocenters. The number of hydrogen-bond acceptors (Lipinski definition) is 7. The van der Waals surface area contributed by atoms with Crippen LogP contribution in [0.15, 0.2) is 30.3 Å². The van der Waals surface area contributed by atoms with Gasteiger partial charge in [0.1, 0.15) is 18.6 Å². The molecule has 2 aromatic rings. The fraction of sp³-hybridized carbons (Fsp3) is 0.364. The van der Waals surface area contributed by atoms with E-state index >= 15 is 0 Å². The van der Waals surface area contributed by atoms with E-state index in [0.29, 0.717) is 35.7 Å². The van der Waals surface area contributed by atoms with E-state index in [-0.39, 0.29) is 25.2 Å². The molecule has 1 saturated carbocycles. The van der Waals surface area contributed by atoms with Crippen molar-refractivity contribution >= 4 is 11.9 Å². The number of methoxy groups -OCH3 is 3. The summed E-state index contributed by atoms with van der Waals surface area (Å²) in [7, 11) is 4.46. The van der Waals surface area contributed by atoms with Crippen molar-refractivity contribution in [1.82, 2.24) is 0 Å². The number of cyclic esters (lactones) is 1. The number of carbonyl (C=O) groups is 2. The molecule has 2 aromatic carbocycles. The molecule has 0 saturated heterocycles. The maximum absolute atomic E-state index is 12.1. The minimum atomic E-state index is -0.627. The molecule has 1 aliphatic carbocycles. The van der Waals surface area contributed by atoms with Gasteiger partial charge >= 0.3 is 11.9 Å². The van der Waals surface area contributed by atoms with Crippen LogP contribution >= 0.6 is 0 Å². The zero-order valence-electron chi connectivity index (χ0n) is 16.6. The van der Waals surface area contributed by atoms with Gasteiger partial charge in [-0.3, -0.25) is 4.79 Å². The molecule has 0 radical (unpaired) electrons. The summed E-state index contributed by atoms with van der Waals surface area (Å²) in [6, 6.07) is 9.09. The Hall–Kier alpha value is -3.22. The molecular formula is C22H22O7. The number of rotatable bonds is 7. The molecule has 0 bridgehead atoms. The lowest BCUT2D eigenvalue weighted by Crippen LogP contribution is -2.25. The second-order valence-electron chi connectivity index (χ2n) is 7.15.